The van der Waals surface area contributed by atoms with Crippen LogP contribution in [0.25, 0.3) is 0 Å². The van der Waals surface area contributed by atoms with E-state index in [2.05, 4.69) is 10.6 Å². The monoisotopic (exact) mass is 208 g/mol. The molecule has 0 aromatic carbocycles. The smallest absolute Gasteiger partial charge is 0.261 e. The first-order valence-electron chi connectivity index (χ1n) is 5.09. The summed E-state index contributed by atoms with van der Waals surface area (Å²) in [6.45, 7) is 2.61. The summed E-state index contributed by atoms with van der Waals surface area (Å²) in [4.78, 5) is 0. The second kappa shape index (κ2) is 7.09. The summed E-state index contributed by atoms with van der Waals surface area (Å²) in [6.07, 6.45) is -0.0245. The van der Waals surface area contributed by atoms with E-state index in [-0.39, 0.29) is 0 Å². The number of alkyl halides is 2. The molecule has 0 bridgehead atoms. The summed E-state index contributed by atoms with van der Waals surface area (Å²) in [5.74, 6) is 0. The van der Waals surface area contributed by atoms with E-state index in [9.17, 15) is 8.78 Å². The summed E-state index contributed by atoms with van der Waals surface area (Å²) >= 11 is 0. The van der Waals surface area contributed by atoms with Gasteiger partial charge in [-0.3, -0.25) is 0 Å². The molecule has 1 aliphatic heterocycles. The third-order valence-electron chi connectivity index (χ3n) is 2.22. The van der Waals surface area contributed by atoms with Gasteiger partial charge in [0, 0.05) is 19.1 Å². The topological polar surface area (TPSA) is 33.3 Å². The van der Waals surface area contributed by atoms with Crippen LogP contribution in [0.3, 0.4) is 0 Å². The van der Waals surface area contributed by atoms with Crippen LogP contribution in [-0.2, 0) is 4.74 Å². The Morgan fingerprint density at radius 2 is 2.36 bits per heavy atom. The molecule has 3 nitrogen and oxygen atoms in total. The average molecular weight is 208 g/mol. The molecular formula is C9H18F2N2O. The van der Waals surface area contributed by atoms with Crippen LogP contribution in [0.5, 0.6) is 0 Å². The Morgan fingerprint density at radius 1 is 1.50 bits per heavy atom. The van der Waals surface area contributed by atoms with Crippen LogP contribution in [0.1, 0.15) is 12.8 Å². The van der Waals surface area contributed by atoms with E-state index in [1.165, 1.54) is 6.42 Å². The molecule has 2 N–H and O–H groups in total. The molecular weight excluding hydrogens is 190 g/mol. The fourth-order valence-corrected chi connectivity index (χ4v) is 1.53. The van der Waals surface area contributed by atoms with Gasteiger partial charge >= 0.3 is 0 Å². The predicted molar refractivity (Wildman–Crippen MR) is 50.7 cm³/mol. The van der Waals surface area contributed by atoms with E-state index in [1.54, 1.807) is 0 Å². The molecule has 14 heavy (non-hydrogen) atoms. The predicted octanol–water partition coefficient (Wildman–Crippen LogP) is 0.610. The van der Waals surface area contributed by atoms with Crippen LogP contribution in [0, 0.1) is 0 Å². The Labute approximate surface area is 83.2 Å². The van der Waals surface area contributed by atoms with E-state index < -0.39 is 13.0 Å². The normalized spacial score (nSPS) is 22.9. The molecule has 0 radical (unpaired) electrons. The molecule has 1 atom stereocenters. The van der Waals surface area contributed by atoms with Gasteiger partial charge in [0.2, 0.25) is 0 Å². The zero-order valence-corrected chi connectivity index (χ0v) is 8.27. The van der Waals surface area contributed by atoms with Crippen molar-refractivity contribution in [2.75, 3.05) is 32.8 Å². The molecule has 0 amide bonds. The summed E-state index contributed by atoms with van der Waals surface area (Å²) in [5.41, 5.74) is 0. The number of nitrogens with one attached hydrogen (secondary N) is 2. The standard InChI is InChI=1S/C9H18F2N2O/c10-9(11)7-14-5-4-13-8-2-1-3-12-6-8/h8-9,12-13H,1-7H2. The first-order valence-corrected chi connectivity index (χ1v) is 5.09. The molecule has 0 aromatic rings. The highest BCUT2D eigenvalue weighted by Crippen LogP contribution is 2.00. The lowest BCUT2D eigenvalue weighted by molar-refractivity contribution is 0.0180. The van der Waals surface area contributed by atoms with Crippen molar-refractivity contribution in [2.24, 2.45) is 0 Å². The van der Waals surface area contributed by atoms with Crippen molar-refractivity contribution >= 4 is 0 Å². The lowest BCUT2D eigenvalue weighted by atomic mass is 10.1. The SMILES string of the molecule is FC(F)COCCNC1CCCNC1. The Hall–Kier alpha value is -0.260. The Kier molecular flexibility index (Phi) is 5.98. The maximum atomic E-state index is 11.7. The summed E-state index contributed by atoms with van der Waals surface area (Å²) in [6, 6.07) is 0.471. The molecule has 84 valence electrons. The number of hydrogen-bond acceptors (Lipinski definition) is 3. The lowest BCUT2D eigenvalue weighted by Gasteiger charge is -2.23. The van der Waals surface area contributed by atoms with Crippen LogP contribution in [0.4, 0.5) is 8.78 Å². The van der Waals surface area contributed by atoms with E-state index in [0.29, 0.717) is 19.2 Å². The summed E-state index contributed by atoms with van der Waals surface area (Å²) in [7, 11) is 0. The molecule has 0 aromatic heterocycles. The van der Waals surface area contributed by atoms with Crippen molar-refractivity contribution in [1.29, 1.82) is 0 Å². The van der Waals surface area contributed by atoms with Crippen molar-refractivity contribution < 1.29 is 13.5 Å². The van der Waals surface area contributed by atoms with Crippen molar-refractivity contribution in [3.05, 3.63) is 0 Å². The van der Waals surface area contributed by atoms with E-state index >= 15 is 0 Å². The third-order valence-corrected chi connectivity index (χ3v) is 2.22. The van der Waals surface area contributed by atoms with Crippen molar-refractivity contribution in [3.63, 3.8) is 0 Å². The quantitative estimate of drug-likeness (QED) is 0.627. The van der Waals surface area contributed by atoms with E-state index in [0.717, 1.165) is 19.5 Å². The Balaban J connectivity index is 1.87. The zero-order valence-electron chi connectivity index (χ0n) is 8.27. The number of hydrogen-bond donors (Lipinski definition) is 2. The largest absolute Gasteiger partial charge is 0.374 e. The molecule has 0 spiro atoms. The molecule has 5 heteroatoms. The minimum atomic E-state index is -2.36. The number of ether oxygens (including phenoxy) is 1. The van der Waals surface area contributed by atoms with Gasteiger partial charge in [-0.1, -0.05) is 0 Å². The molecule has 1 unspecified atom stereocenters. The van der Waals surface area contributed by atoms with Gasteiger partial charge in [-0.2, -0.15) is 0 Å². The van der Waals surface area contributed by atoms with E-state index in [1.807, 2.05) is 0 Å². The number of piperidine rings is 1. The third kappa shape index (κ3) is 5.47. The van der Waals surface area contributed by atoms with Crippen LogP contribution < -0.4 is 10.6 Å². The summed E-state index contributed by atoms with van der Waals surface area (Å²) in [5, 5.41) is 6.53. The fourth-order valence-electron chi connectivity index (χ4n) is 1.53. The second-order valence-corrected chi connectivity index (χ2v) is 3.46. The van der Waals surface area contributed by atoms with Gasteiger partial charge in [0.15, 0.2) is 0 Å². The highest BCUT2D eigenvalue weighted by Gasteiger charge is 2.11. The van der Waals surface area contributed by atoms with Crippen molar-refractivity contribution in [2.45, 2.75) is 25.3 Å². The Bertz CT molecular complexity index is 141. The van der Waals surface area contributed by atoms with Gasteiger partial charge < -0.3 is 15.4 Å². The van der Waals surface area contributed by atoms with Crippen LogP contribution in [0.2, 0.25) is 0 Å². The lowest BCUT2D eigenvalue weighted by Crippen LogP contribution is -2.44. The van der Waals surface area contributed by atoms with Crippen LogP contribution in [0.15, 0.2) is 0 Å². The number of rotatable bonds is 6. The van der Waals surface area contributed by atoms with Crippen molar-refractivity contribution in [1.82, 2.24) is 10.6 Å². The highest BCUT2D eigenvalue weighted by molar-refractivity contribution is 4.74. The van der Waals surface area contributed by atoms with Gasteiger partial charge in [0.05, 0.1) is 6.61 Å². The van der Waals surface area contributed by atoms with E-state index in [4.69, 9.17) is 4.74 Å². The molecule has 1 aliphatic rings. The van der Waals surface area contributed by atoms with Gasteiger partial charge in [0.25, 0.3) is 6.43 Å². The molecule has 1 saturated heterocycles. The van der Waals surface area contributed by atoms with Gasteiger partial charge in [-0.25, -0.2) is 8.78 Å². The summed E-state index contributed by atoms with van der Waals surface area (Å²) < 4.78 is 28.1. The average Bonchev–Trinajstić information content (AvgIpc) is 2.18. The maximum Gasteiger partial charge on any atom is 0.261 e. The molecule has 0 aliphatic carbocycles. The van der Waals surface area contributed by atoms with Crippen molar-refractivity contribution in [3.8, 4) is 0 Å². The number of halogens is 2. The fraction of sp³-hybridized carbons (Fsp3) is 1.00. The highest BCUT2D eigenvalue weighted by atomic mass is 19.3. The molecule has 1 fully saturated rings. The molecule has 0 saturated carbocycles. The zero-order chi connectivity index (χ0) is 10.2. The first kappa shape index (κ1) is 11.8. The van der Waals surface area contributed by atoms with Crippen LogP contribution in [-0.4, -0.2) is 45.3 Å². The van der Waals surface area contributed by atoms with Gasteiger partial charge in [-0.05, 0) is 19.4 Å². The van der Waals surface area contributed by atoms with Crippen LogP contribution >= 0.6 is 0 Å². The first-order chi connectivity index (χ1) is 6.79. The Morgan fingerprint density at radius 3 is 3.00 bits per heavy atom. The minimum absolute atomic E-state index is 0.362. The maximum absolute atomic E-state index is 11.7. The van der Waals surface area contributed by atoms with Gasteiger partial charge in [-0.15, -0.1) is 0 Å². The second-order valence-electron chi connectivity index (χ2n) is 3.46. The minimum Gasteiger partial charge on any atom is -0.374 e. The molecule has 1 heterocycles. The van der Waals surface area contributed by atoms with Gasteiger partial charge in [0.1, 0.15) is 6.61 Å². The molecule has 1 rings (SSSR count).